The second kappa shape index (κ2) is 6.88. The number of carbonyl (C=O) groups is 1. The molecule has 24 heavy (non-hydrogen) atoms. The molecule has 0 N–H and O–H groups in total. The van der Waals surface area contributed by atoms with E-state index in [0.717, 1.165) is 54.1 Å². The van der Waals surface area contributed by atoms with Crippen LogP contribution in [0.25, 0.3) is 10.8 Å². The van der Waals surface area contributed by atoms with Crippen molar-refractivity contribution in [2.24, 2.45) is 0 Å². The van der Waals surface area contributed by atoms with Gasteiger partial charge in [0.05, 0.1) is 16.8 Å². The van der Waals surface area contributed by atoms with Gasteiger partial charge in [0.2, 0.25) is 0 Å². The van der Waals surface area contributed by atoms with Crippen LogP contribution >= 0.6 is 22.7 Å². The summed E-state index contributed by atoms with van der Waals surface area (Å²) in [5.74, 6) is 0.969. The molecule has 0 atom stereocenters. The molecule has 0 aromatic carbocycles. The second-order valence-electron chi connectivity index (χ2n) is 5.67. The van der Waals surface area contributed by atoms with Crippen molar-refractivity contribution in [1.29, 1.82) is 0 Å². The summed E-state index contributed by atoms with van der Waals surface area (Å²) in [6.45, 7) is 4.12. The number of hydrogen-bond donors (Lipinski definition) is 0. The number of carbonyl (C=O) groups excluding carboxylic acids is 1. The van der Waals surface area contributed by atoms with Crippen molar-refractivity contribution in [3.63, 3.8) is 0 Å². The van der Waals surface area contributed by atoms with Crippen LogP contribution in [0.1, 0.15) is 15.4 Å². The lowest BCUT2D eigenvalue weighted by Gasteiger charge is -2.34. The summed E-state index contributed by atoms with van der Waals surface area (Å²) in [6, 6.07) is 7.62. The SMILES string of the molecule is O=C(c1cccs1)N1CCN(Cc2csc(-c3ccco3)n2)CC1. The van der Waals surface area contributed by atoms with Crippen molar-refractivity contribution in [1.82, 2.24) is 14.8 Å². The fourth-order valence-corrected chi connectivity index (χ4v) is 4.26. The highest BCUT2D eigenvalue weighted by Gasteiger charge is 2.23. The lowest BCUT2D eigenvalue weighted by molar-refractivity contribution is 0.0632. The van der Waals surface area contributed by atoms with Gasteiger partial charge in [0.1, 0.15) is 0 Å². The Hall–Kier alpha value is -1.96. The number of piperazine rings is 1. The molecular weight excluding hydrogens is 342 g/mol. The molecule has 4 rings (SSSR count). The van der Waals surface area contributed by atoms with Crippen molar-refractivity contribution in [3.8, 4) is 10.8 Å². The number of thiophene rings is 1. The number of amides is 1. The zero-order valence-corrected chi connectivity index (χ0v) is 14.7. The quantitative estimate of drug-likeness (QED) is 0.716. The maximum Gasteiger partial charge on any atom is 0.264 e. The summed E-state index contributed by atoms with van der Waals surface area (Å²) < 4.78 is 5.39. The summed E-state index contributed by atoms with van der Waals surface area (Å²) in [6.07, 6.45) is 1.67. The van der Waals surface area contributed by atoms with E-state index in [1.165, 1.54) is 11.3 Å². The van der Waals surface area contributed by atoms with Crippen LogP contribution in [-0.4, -0.2) is 46.9 Å². The number of thiazole rings is 1. The number of rotatable bonds is 4. The summed E-state index contributed by atoms with van der Waals surface area (Å²) in [7, 11) is 0. The van der Waals surface area contributed by atoms with Gasteiger partial charge in [-0.1, -0.05) is 6.07 Å². The molecule has 124 valence electrons. The molecule has 3 aromatic rings. The molecule has 1 amide bonds. The normalized spacial score (nSPS) is 15.8. The minimum absolute atomic E-state index is 0.151. The second-order valence-corrected chi connectivity index (χ2v) is 7.47. The van der Waals surface area contributed by atoms with Gasteiger partial charge >= 0.3 is 0 Å². The van der Waals surface area contributed by atoms with Crippen molar-refractivity contribution < 1.29 is 9.21 Å². The van der Waals surface area contributed by atoms with Gasteiger partial charge in [0.15, 0.2) is 10.8 Å². The summed E-state index contributed by atoms with van der Waals surface area (Å²) in [4.78, 5) is 22.1. The Morgan fingerprint density at radius 2 is 2.04 bits per heavy atom. The molecule has 0 saturated carbocycles. The van der Waals surface area contributed by atoms with Crippen LogP contribution in [0, 0.1) is 0 Å². The molecule has 0 aliphatic carbocycles. The average Bonchev–Trinajstić information content (AvgIpc) is 3.36. The van der Waals surface area contributed by atoms with E-state index in [-0.39, 0.29) is 5.91 Å². The average molecular weight is 359 g/mol. The maximum absolute atomic E-state index is 12.4. The fourth-order valence-electron chi connectivity index (χ4n) is 2.79. The Bertz CT molecular complexity index is 788. The van der Waals surface area contributed by atoms with E-state index >= 15 is 0 Å². The first-order chi connectivity index (χ1) is 11.8. The summed E-state index contributed by atoms with van der Waals surface area (Å²) in [5.41, 5.74) is 1.06. The summed E-state index contributed by atoms with van der Waals surface area (Å²) >= 11 is 3.11. The zero-order valence-electron chi connectivity index (χ0n) is 13.1. The van der Waals surface area contributed by atoms with Gasteiger partial charge in [-0.2, -0.15) is 0 Å². The molecule has 0 bridgehead atoms. The fraction of sp³-hybridized carbons (Fsp3) is 0.294. The van der Waals surface area contributed by atoms with Crippen LogP contribution in [0.15, 0.2) is 45.7 Å². The number of hydrogen-bond acceptors (Lipinski definition) is 6. The lowest BCUT2D eigenvalue weighted by Crippen LogP contribution is -2.48. The van der Waals surface area contributed by atoms with Crippen LogP contribution in [0.3, 0.4) is 0 Å². The monoisotopic (exact) mass is 359 g/mol. The Morgan fingerprint density at radius 1 is 1.17 bits per heavy atom. The largest absolute Gasteiger partial charge is 0.462 e. The van der Waals surface area contributed by atoms with Gasteiger partial charge in [-0.15, -0.1) is 22.7 Å². The highest BCUT2D eigenvalue weighted by atomic mass is 32.1. The lowest BCUT2D eigenvalue weighted by atomic mass is 10.2. The smallest absolute Gasteiger partial charge is 0.264 e. The molecule has 0 unspecified atom stereocenters. The summed E-state index contributed by atoms with van der Waals surface area (Å²) in [5, 5.41) is 4.95. The molecule has 5 nitrogen and oxygen atoms in total. The Labute approximate surface area is 148 Å². The Kier molecular flexibility index (Phi) is 4.46. The van der Waals surface area contributed by atoms with E-state index in [0.29, 0.717) is 0 Å². The molecule has 7 heteroatoms. The van der Waals surface area contributed by atoms with E-state index in [9.17, 15) is 4.79 Å². The van der Waals surface area contributed by atoms with Crippen molar-refractivity contribution >= 4 is 28.6 Å². The van der Waals surface area contributed by atoms with Gasteiger partial charge in [0.25, 0.3) is 5.91 Å². The number of nitrogens with zero attached hydrogens (tertiary/aromatic N) is 3. The van der Waals surface area contributed by atoms with Crippen molar-refractivity contribution in [2.45, 2.75) is 6.54 Å². The third-order valence-electron chi connectivity index (χ3n) is 4.06. The number of furan rings is 1. The minimum Gasteiger partial charge on any atom is -0.462 e. The molecular formula is C17H17N3O2S2. The van der Waals surface area contributed by atoms with E-state index < -0.39 is 0 Å². The van der Waals surface area contributed by atoms with Crippen LogP contribution in [0.4, 0.5) is 0 Å². The van der Waals surface area contributed by atoms with Crippen LogP contribution < -0.4 is 0 Å². The van der Waals surface area contributed by atoms with E-state index in [2.05, 4.69) is 15.3 Å². The first-order valence-electron chi connectivity index (χ1n) is 7.83. The van der Waals surface area contributed by atoms with Crippen LogP contribution in [0.5, 0.6) is 0 Å². The third kappa shape index (κ3) is 3.28. The minimum atomic E-state index is 0.151. The highest BCUT2D eigenvalue weighted by molar-refractivity contribution is 7.13. The zero-order chi connectivity index (χ0) is 16.4. The van der Waals surface area contributed by atoms with Gasteiger partial charge in [0, 0.05) is 38.1 Å². The maximum atomic E-state index is 12.4. The van der Waals surface area contributed by atoms with E-state index in [1.807, 2.05) is 34.5 Å². The molecule has 1 fully saturated rings. The topological polar surface area (TPSA) is 49.6 Å². The van der Waals surface area contributed by atoms with E-state index in [4.69, 9.17) is 4.42 Å². The van der Waals surface area contributed by atoms with E-state index in [1.54, 1.807) is 17.6 Å². The molecule has 1 aliphatic heterocycles. The molecule has 0 radical (unpaired) electrons. The predicted molar refractivity (Wildman–Crippen MR) is 95.3 cm³/mol. The van der Waals surface area contributed by atoms with Crippen LogP contribution in [-0.2, 0) is 6.54 Å². The van der Waals surface area contributed by atoms with Gasteiger partial charge in [-0.25, -0.2) is 4.98 Å². The third-order valence-corrected chi connectivity index (χ3v) is 5.82. The van der Waals surface area contributed by atoms with Crippen LogP contribution in [0.2, 0.25) is 0 Å². The molecule has 1 saturated heterocycles. The Morgan fingerprint density at radius 3 is 2.75 bits per heavy atom. The van der Waals surface area contributed by atoms with Gasteiger partial charge < -0.3 is 9.32 Å². The van der Waals surface area contributed by atoms with Gasteiger partial charge in [-0.3, -0.25) is 9.69 Å². The first-order valence-corrected chi connectivity index (χ1v) is 9.59. The first kappa shape index (κ1) is 15.6. The van der Waals surface area contributed by atoms with Gasteiger partial charge in [-0.05, 0) is 23.6 Å². The number of aromatic nitrogens is 1. The van der Waals surface area contributed by atoms with Crippen molar-refractivity contribution in [3.05, 3.63) is 51.9 Å². The molecule has 3 aromatic heterocycles. The molecule has 1 aliphatic rings. The van der Waals surface area contributed by atoms with Crippen molar-refractivity contribution in [2.75, 3.05) is 26.2 Å². The standard InChI is InChI=1S/C17H17N3O2S2/c21-17(15-4-2-10-23-15)20-7-5-19(6-8-20)11-13-12-24-16(18-13)14-3-1-9-22-14/h1-4,9-10,12H,5-8,11H2. The Balaban J connectivity index is 1.33. The molecule has 0 spiro atoms. The predicted octanol–water partition coefficient (Wildman–Crippen LogP) is 3.42. The highest BCUT2D eigenvalue weighted by Crippen LogP contribution is 2.24. The molecule has 4 heterocycles.